The minimum absolute atomic E-state index is 0.0468. The summed E-state index contributed by atoms with van der Waals surface area (Å²) in [6, 6.07) is 7.38. The summed E-state index contributed by atoms with van der Waals surface area (Å²) >= 11 is 1.46. The molecule has 0 radical (unpaired) electrons. The number of carbonyl (C=O) groups excluding carboxylic acids is 2. The molecular weight excluding hydrogens is 388 g/mol. The van der Waals surface area contributed by atoms with E-state index in [1.165, 1.54) is 30.6 Å². The molecule has 2 amide bonds. The van der Waals surface area contributed by atoms with Crippen LogP contribution in [0, 0.1) is 5.92 Å². The van der Waals surface area contributed by atoms with Crippen LogP contribution in [0.1, 0.15) is 56.4 Å². The van der Waals surface area contributed by atoms with Gasteiger partial charge in [0.25, 0.3) is 0 Å². The van der Waals surface area contributed by atoms with Gasteiger partial charge in [0.2, 0.25) is 16.9 Å². The van der Waals surface area contributed by atoms with Crippen molar-refractivity contribution in [1.29, 1.82) is 0 Å². The van der Waals surface area contributed by atoms with Crippen molar-refractivity contribution in [2.45, 2.75) is 51.4 Å². The van der Waals surface area contributed by atoms with Crippen LogP contribution in [-0.2, 0) is 9.59 Å². The molecule has 4 rings (SSSR count). The number of benzene rings is 1. The third-order valence-corrected chi connectivity index (χ3v) is 6.58. The first-order chi connectivity index (χ1) is 14.1. The first-order valence-corrected chi connectivity index (χ1v) is 11.1. The molecule has 1 aliphatic carbocycles. The predicted octanol–water partition coefficient (Wildman–Crippen LogP) is 3.98. The first kappa shape index (κ1) is 19.8. The van der Waals surface area contributed by atoms with Crippen molar-refractivity contribution in [1.82, 2.24) is 10.2 Å². The second-order valence-corrected chi connectivity index (χ2v) is 8.61. The fourth-order valence-electron chi connectivity index (χ4n) is 4.03. The number of aromatic nitrogens is 2. The van der Waals surface area contributed by atoms with Gasteiger partial charge < -0.3 is 15.0 Å². The number of anilines is 2. The number of hydrogen-bond donors (Lipinski definition) is 1. The van der Waals surface area contributed by atoms with E-state index in [1.54, 1.807) is 4.90 Å². The quantitative estimate of drug-likeness (QED) is 0.773. The summed E-state index contributed by atoms with van der Waals surface area (Å²) in [5.41, 5.74) is 0.782. The zero-order valence-electron chi connectivity index (χ0n) is 16.6. The molecule has 154 valence electrons. The van der Waals surface area contributed by atoms with Gasteiger partial charge in [-0.15, -0.1) is 10.2 Å². The minimum atomic E-state index is -0.393. The zero-order valence-corrected chi connectivity index (χ0v) is 17.4. The molecule has 1 N–H and O–H groups in total. The highest BCUT2D eigenvalue weighted by Crippen LogP contribution is 2.35. The molecule has 2 heterocycles. The fraction of sp³-hybridized carbons (Fsp3) is 0.524. The van der Waals surface area contributed by atoms with E-state index in [0.717, 1.165) is 29.3 Å². The summed E-state index contributed by atoms with van der Waals surface area (Å²) < 4.78 is 5.44. The number of hydrogen-bond acceptors (Lipinski definition) is 6. The van der Waals surface area contributed by atoms with Crippen LogP contribution < -0.4 is 15.0 Å². The number of ether oxygens (including phenoxy) is 1. The van der Waals surface area contributed by atoms with Gasteiger partial charge in [-0.3, -0.25) is 9.59 Å². The largest absolute Gasteiger partial charge is 0.494 e. The SMILES string of the molecule is CCOc1ccc(N2C[C@H](C(=O)Nc3nnc(C4CCCCC4)s3)CC2=O)cc1. The normalized spacial score (nSPS) is 20.1. The first-order valence-electron chi connectivity index (χ1n) is 10.3. The van der Waals surface area contributed by atoms with Crippen molar-refractivity contribution in [3.05, 3.63) is 29.3 Å². The lowest BCUT2D eigenvalue weighted by Gasteiger charge is -2.18. The fourth-order valence-corrected chi connectivity index (χ4v) is 4.94. The maximum Gasteiger partial charge on any atom is 0.231 e. The average Bonchev–Trinajstić information content (AvgIpc) is 3.36. The van der Waals surface area contributed by atoms with E-state index < -0.39 is 5.92 Å². The highest BCUT2D eigenvalue weighted by atomic mass is 32.1. The molecule has 1 saturated heterocycles. The van der Waals surface area contributed by atoms with Gasteiger partial charge in [-0.2, -0.15) is 0 Å². The number of nitrogens with zero attached hydrogens (tertiary/aromatic N) is 3. The van der Waals surface area contributed by atoms with Crippen molar-refractivity contribution in [2.24, 2.45) is 5.92 Å². The third kappa shape index (κ3) is 4.58. The predicted molar refractivity (Wildman–Crippen MR) is 112 cm³/mol. The molecule has 8 heteroatoms. The lowest BCUT2D eigenvalue weighted by molar-refractivity contribution is -0.122. The van der Waals surface area contributed by atoms with E-state index in [0.29, 0.717) is 24.2 Å². The van der Waals surface area contributed by atoms with Gasteiger partial charge in [-0.1, -0.05) is 30.6 Å². The summed E-state index contributed by atoms with van der Waals surface area (Å²) in [7, 11) is 0. The lowest BCUT2D eigenvalue weighted by atomic mass is 9.90. The molecule has 29 heavy (non-hydrogen) atoms. The van der Waals surface area contributed by atoms with Crippen LogP contribution in [0.15, 0.2) is 24.3 Å². The Bertz CT molecular complexity index is 861. The molecule has 7 nitrogen and oxygen atoms in total. The third-order valence-electron chi connectivity index (χ3n) is 5.58. The summed E-state index contributed by atoms with van der Waals surface area (Å²) in [6.45, 7) is 2.89. The van der Waals surface area contributed by atoms with Gasteiger partial charge in [-0.05, 0) is 44.0 Å². The van der Waals surface area contributed by atoms with E-state index in [4.69, 9.17) is 4.74 Å². The van der Waals surface area contributed by atoms with Crippen LogP contribution in [0.5, 0.6) is 5.75 Å². The summed E-state index contributed by atoms with van der Waals surface area (Å²) in [6.07, 6.45) is 6.26. The smallest absolute Gasteiger partial charge is 0.231 e. The molecule has 2 fully saturated rings. The van der Waals surface area contributed by atoms with E-state index in [1.807, 2.05) is 31.2 Å². The van der Waals surface area contributed by atoms with Crippen LogP contribution in [0.2, 0.25) is 0 Å². The minimum Gasteiger partial charge on any atom is -0.494 e. The summed E-state index contributed by atoms with van der Waals surface area (Å²) in [4.78, 5) is 26.8. The van der Waals surface area contributed by atoms with Gasteiger partial charge in [0, 0.05) is 24.6 Å². The van der Waals surface area contributed by atoms with E-state index in [9.17, 15) is 9.59 Å². The molecule has 1 saturated carbocycles. The average molecular weight is 415 g/mol. The van der Waals surface area contributed by atoms with Gasteiger partial charge >= 0.3 is 0 Å². The number of nitrogens with one attached hydrogen (secondary N) is 1. The molecule has 0 spiro atoms. The highest BCUT2D eigenvalue weighted by molar-refractivity contribution is 7.15. The number of amides is 2. The summed E-state index contributed by atoms with van der Waals surface area (Å²) in [5.74, 6) is 0.626. The van der Waals surface area contributed by atoms with Crippen LogP contribution >= 0.6 is 11.3 Å². The molecule has 1 atom stereocenters. The number of carbonyl (C=O) groups is 2. The van der Waals surface area contributed by atoms with Crippen molar-refractivity contribution in [2.75, 3.05) is 23.4 Å². The van der Waals surface area contributed by atoms with Crippen molar-refractivity contribution >= 4 is 34.0 Å². The van der Waals surface area contributed by atoms with E-state index in [2.05, 4.69) is 15.5 Å². The van der Waals surface area contributed by atoms with Crippen molar-refractivity contribution in [3.63, 3.8) is 0 Å². The van der Waals surface area contributed by atoms with Gasteiger partial charge in [-0.25, -0.2) is 0 Å². The molecule has 0 bridgehead atoms. The van der Waals surface area contributed by atoms with Crippen molar-refractivity contribution in [3.8, 4) is 5.75 Å². The van der Waals surface area contributed by atoms with Gasteiger partial charge in [0.1, 0.15) is 10.8 Å². The Morgan fingerprint density at radius 3 is 2.69 bits per heavy atom. The van der Waals surface area contributed by atoms with E-state index in [-0.39, 0.29) is 18.2 Å². The van der Waals surface area contributed by atoms with Crippen LogP contribution in [0.3, 0.4) is 0 Å². The molecule has 1 aromatic heterocycles. The molecule has 2 aliphatic rings. The second kappa shape index (κ2) is 8.90. The summed E-state index contributed by atoms with van der Waals surface area (Å²) in [5, 5.41) is 12.8. The topological polar surface area (TPSA) is 84.4 Å². The van der Waals surface area contributed by atoms with E-state index >= 15 is 0 Å². The Labute approximate surface area is 174 Å². The Morgan fingerprint density at radius 1 is 1.21 bits per heavy atom. The van der Waals surface area contributed by atoms with Gasteiger partial charge in [0.05, 0.1) is 12.5 Å². The number of rotatable bonds is 6. The van der Waals surface area contributed by atoms with Crippen LogP contribution in [0.25, 0.3) is 0 Å². The molecule has 0 unspecified atom stereocenters. The molecular formula is C21H26N4O3S. The monoisotopic (exact) mass is 414 g/mol. The Hall–Kier alpha value is -2.48. The van der Waals surface area contributed by atoms with Gasteiger partial charge in [0.15, 0.2) is 0 Å². The Balaban J connectivity index is 1.36. The maximum absolute atomic E-state index is 12.7. The maximum atomic E-state index is 12.7. The zero-order chi connectivity index (χ0) is 20.2. The highest BCUT2D eigenvalue weighted by Gasteiger charge is 2.35. The lowest BCUT2D eigenvalue weighted by Crippen LogP contribution is -2.28. The molecule has 2 aromatic rings. The Morgan fingerprint density at radius 2 is 1.97 bits per heavy atom. The second-order valence-electron chi connectivity index (χ2n) is 7.60. The van der Waals surface area contributed by atoms with Crippen LogP contribution in [-0.4, -0.2) is 35.2 Å². The Kier molecular flexibility index (Phi) is 6.08. The standard InChI is InChI=1S/C21H26N4O3S/c1-2-28-17-10-8-16(9-11-17)25-13-15(12-18(25)26)19(27)22-21-24-23-20(29-21)14-6-4-3-5-7-14/h8-11,14-15H,2-7,12-13H2,1H3,(H,22,24,27)/t15-/m1/s1. The molecule has 1 aromatic carbocycles. The molecule has 1 aliphatic heterocycles. The van der Waals surface area contributed by atoms with Crippen molar-refractivity contribution < 1.29 is 14.3 Å². The van der Waals surface area contributed by atoms with Crippen LogP contribution in [0.4, 0.5) is 10.8 Å².